The number of benzene rings is 1. The van der Waals surface area contributed by atoms with Crippen molar-refractivity contribution in [2.45, 2.75) is 33.1 Å². The molecule has 5 heteroatoms. The fourth-order valence-electron chi connectivity index (χ4n) is 2.73. The van der Waals surface area contributed by atoms with Gasteiger partial charge < -0.3 is 10.2 Å². The summed E-state index contributed by atoms with van der Waals surface area (Å²) >= 11 is 6.18. The quantitative estimate of drug-likeness (QED) is 0.906. The number of hydrogen-bond donors (Lipinski definition) is 1. The summed E-state index contributed by atoms with van der Waals surface area (Å²) in [6.45, 7) is 6.09. The van der Waals surface area contributed by atoms with Gasteiger partial charge in [0.2, 0.25) is 5.95 Å². The van der Waals surface area contributed by atoms with Crippen molar-refractivity contribution in [3.8, 4) is 0 Å². The van der Waals surface area contributed by atoms with E-state index < -0.39 is 0 Å². The van der Waals surface area contributed by atoms with Crippen LogP contribution >= 0.6 is 11.6 Å². The van der Waals surface area contributed by atoms with Crippen LogP contribution in [0.5, 0.6) is 0 Å². The Labute approximate surface area is 136 Å². The minimum absolute atomic E-state index is 0.757. The molecule has 0 unspecified atom stereocenters. The summed E-state index contributed by atoms with van der Waals surface area (Å²) < 4.78 is 0. The molecule has 0 aliphatic carbocycles. The van der Waals surface area contributed by atoms with Gasteiger partial charge >= 0.3 is 0 Å². The van der Waals surface area contributed by atoms with E-state index >= 15 is 0 Å². The largest absolute Gasteiger partial charge is 0.341 e. The second-order valence-electron chi connectivity index (χ2n) is 5.78. The summed E-state index contributed by atoms with van der Waals surface area (Å²) in [5.41, 5.74) is 2.98. The number of aryl methyl sites for hydroxylation is 1. The molecule has 1 aromatic carbocycles. The predicted molar refractivity (Wildman–Crippen MR) is 92.3 cm³/mol. The Morgan fingerprint density at radius 2 is 1.86 bits per heavy atom. The van der Waals surface area contributed by atoms with E-state index in [9.17, 15) is 0 Å². The number of hydrogen-bond acceptors (Lipinski definition) is 4. The highest BCUT2D eigenvalue weighted by Gasteiger charge is 2.15. The van der Waals surface area contributed by atoms with Crippen molar-refractivity contribution in [2.24, 2.45) is 0 Å². The van der Waals surface area contributed by atoms with Gasteiger partial charge in [0.15, 0.2) is 0 Å². The molecule has 1 fully saturated rings. The Morgan fingerprint density at radius 1 is 1.09 bits per heavy atom. The maximum Gasteiger partial charge on any atom is 0.227 e. The van der Waals surface area contributed by atoms with Crippen LogP contribution in [0.25, 0.3) is 0 Å². The van der Waals surface area contributed by atoms with Gasteiger partial charge in [-0.25, -0.2) is 4.98 Å². The van der Waals surface area contributed by atoms with Gasteiger partial charge in [-0.3, -0.25) is 0 Å². The molecule has 0 saturated carbocycles. The highest BCUT2D eigenvalue weighted by atomic mass is 35.5. The highest BCUT2D eigenvalue weighted by Crippen LogP contribution is 2.26. The van der Waals surface area contributed by atoms with E-state index in [0.29, 0.717) is 0 Å². The van der Waals surface area contributed by atoms with Gasteiger partial charge in [0, 0.05) is 35.6 Å². The normalized spacial score (nSPS) is 15.0. The molecule has 0 atom stereocenters. The number of rotatable bonds is 3. The summed E-state index contributed by atoms with van der Waals surface area (Å²) in [5.74, 6) is 1.64. The van der Waals surface area contributed by atoms with E-state index in [1.165, 1.54) is 19.3 Å². The molecule has 116 valence electrons. The number of anilines is 3. The molecule has 1 aliphatic rings. The van der Waals surface area contributed by atoms with Crippen LogP contribution in [-0.2, 0) is 0 Å². The Bertz CT molecular complexity index is 666. The van der Waals surface area contributed by atoms with Crippen molar-refractivity contribution in [3.05, 3.63) is 40.5 Å². The first-order chi connectivity index (χ1) is 10.6. The van der Waals surface area contributed by atoms with Crippen LogP contribution in [-0.4, -0.2) is 23.1 Å². The van der Waals surface area contributed by atoms with Crippen LogP contribution in [0, 0.1) is 13.8 Å². The molecule has 0 spiro atoms. The topological polar surface area (TPSA) is 41.1 Å². The average Bonchev–Trinajstić information content (AvgIpc) is 2.52. The monoisotopic (exact) mass is 316 g/mol. The average molecular weight is 317 g/mol. The smallest absolute Gasteiger partial charge is 0.227 e. The van der Waals surface area contributed by atoms with Crippen LogP contribution in [0.1, 0.15) is 30.5 Å². The minimum atomic E-state index is 0.757. The van der Waals surface area contributed by atoms with Crippen molar-refractivity contribution in [3.63, 3.8) is 0 Å². The molecule has 0 amide bonds. The van der Waals surface area contributed by atoms with Gasteiger partial charge in [-0.1, -0.05) is 17.7 Å². The third-order valence-electron chi connectivity index (χ3n) is 4.01. The lowest BCUT2D eigenvalue weighted by Gasteiger charge is -2.27. The van der Waals surface area contributed by atoms with Crippen LogP contribution in [0.3, 0.4) is 0 Å². The van der Waals surface area contributed by atoms with Crippen molar-refractivity contribution in [1.29, 1.82) is 0 Å². The molecule has 0 radical (unpaired) electrons. The van der Waals surface area contributed by atoms with Crippen LogP contribution in [0.4, 0.5) is 17.5 Å². The van der Waals surface area contributed by atoms with E-state index in [1.807, 2.05) is 38.1 Å². The third-order valence-corrected chi connectivity index (χ3v) is 4.42. The first kappa shape index (κ1) is 15.1. The fraction of sp³-hybridized carbons (Fsp3) is 0.412. The zero-order valence-corrected chi connectivity index (χ0v) is 13.8. The molecule has 2 heterocycles. The molecule has 4 nitrogen and oxygen atoms in total. The molecule has 1 saturated heterocycles. The summed E-state index contributed by atoms with van der Waals surface area (Å²) in [7, 11) is 0. The molecule has 0 bridgehead atoms. The first-order valence-electron chi connectivity index (χ1n) is 7.76. The number of piperidine rings is 1. The van der Waals surface area contributed by atoms with Gasteiger partial charge in [-0.15, -0.1) is 0 Å². The Balaban J connectivity index is 1.87. The molecule has 1 aliphatic heterocycles. The standard InChI is InChI=1S/C17H21ClN4/c1-12-11-16(20-15-8-6-7-14(18)13(15)2)21-17(19-12)22-9-4-3-5-10-22/h6-8,11H,3-5,9-10H2,1-2H3,(H,19,20,21). The zero-order chi connectivity index (χ0) is 15.5. The maximum atomic E-state index is 6.18. The van der Waals surface area contributed by atoms with Crippen LogP contribution < -0.4 is 10.2 Å². The number of aromatic nitrogens is 2. The molecule has 2 aromatic rings. The number of halogens is 1. The van der Waals surface area contributed by atoms with Crippen molar-refractivity contribution in [2.75, 3.05) is 23.3 Å². The second kappa shape index (κ2) is 6.53. The molecular formula is C17H21ClN4. The predicted octanol–water partition coefficient (Wildman–Crippen LogP) is 4.48. The van der Waals surface area contributed by atoms with E-state index in [-0.39, 0.29) is 0 Å². The Hall–Kier alpha value is -1.81. The zero-order valence-electron chi connectivity index (χ0n) is 13.1. The fourth-order valence-corrected chi connectivity index (χ4v) is 2.91. The van der Waals surface area contributed by atoms with Gasteiger partial charge in [-0.2, -0.15) is 4.98 Å². The first-order valence-corrected chi connectivity index (χ1v) is 8.14. The molecule has 1 N–H and O–H groups in total. The summed E-state index contributed by atoms with van der Waals surface area (Å²) in [4.78, 5) is 11.5. The lowest BCUT2D eigenvalue weighted by Crippen LogP contribution is -2.31. The van der Waals surface area contributed by atoms with Gasteiger partial charge in [-0.05, 0) is 50.8 Å². The Kier molecular flexibility index (Phi) is 4.48. The molecular weight excluding hydrogens is 296 g/mol. The number of nitrogens with one attached hydrogen (secondary N) is 1. The van der Waals surface area contributed by atoms with Gasteiger partial charge in [0.1, 0.15) is 5.82 Å². The molecule has 22 heavy (non-hydrogen) atoms. The minimum Gasteiger partial charge on any atom is -0.341 e. The van der Waals surface area contributed by atoms with Crippen LogP contribution in [0.2, 0.25) is 5.02 Å². The highest BCUT2D eigenvalue weighted by molar-refractivity contribution is 6.31. The molecule has 3 rings (SSSR count). The van der Waals surface area contributed by atoms with Crippen LogP contribution in [0.15, 0.2) is 24.3 Å². The molecule has 1 aromatic heterocycles. The van der Waals surface area contributed by atoms with E-state index in [0.717, 1.165) is 46.8 Å². The summed E-state index contributed by atoms with van der Waals surface area (Å²) in [6.07, 6.45) is 3.73. The maximum absolute atomic E-state index is 6.18. The third kappa shape index (κ3) is 3.33. The van der Waals surface area contributed by atoms with E-state index in [4.69, 9.17) is 11.6 Å². The van der Waals surface area contributed by atoms with Crippen molar-refractivity contribution < 1.29 is 0 Å². The SMILES string of the molecule is Cc1cc(Nc2cccc(Cl)c2C)nc(N2CCCCC2)n1. The summed E-state index contributed by atoms with van der Waals surface area (Å²) in [5, 5.41) is 4.13. The van der Waals surface area contributed by atoms with E-state index in [1.54, 1.807) is 0 Å². The Morgan fingerprint density at radius 3 is 2.64 bits per heavy atom. The lowest BCUT2D eigenvalue weighted by atomic mass is 10.1. The van der Waals surface area contributed by atoms with Gasteiger partial charge in [0.05, 0.1) is 0 Å². The van der Waals surface area contributed by atoms with Crippen molar-refractivity contribution >= 4 is 29.1 Å². The van der Waals surface area contributed by atoms with E-state index in [2.05, 4.69) is 20.2 Å². The van der Waals surface area contributed by atoms with Gasteiger partial charge in [0.25, 0.3) is 0 Å². The van der Waals surface area contributed by atoms with Crippen molar-refractivity contribution in [1.82, 2.24) is 9.97 Å². The number of nitrogens with zero attached hydrogens (tertiary/aromatic N) is 3. The summed E-state index contributed by atoms with van der Waals surface area (Å²) in [6, 6.07) is 7.82. The second-order valence-corrected chi connectivity index (χ2v) is 6.19. The lowest BCUT2D eigenvalue weighted by molar-refractivity contribution is 0.568.